The average Bonchev–Trinajstić information content (AvgIpc) is 2.57. The molecular formula is C19H18F3N3O2. The number of hydrogen-bond acceptors (Lipinski definition) is 3. The summed E-state index contributed by atoms with van der Waals surface area (Å²) in [6.07, 6.45) is -4.71. The third-order valence-electron chi connectivity index (χ3n) is 4.40. The number of carbonyl (C=O) groups is 2. The summed E-state index contributed by atoms with van der Waals surface area (Å²) < 4.78 is 38.3. The van der Waals surface area contributed by atoms with E-state index in [4.69, 9.17) is 0 Å². The van der Waals surface area contributed by atoms with E-state index in [0.29, 0.717) is 11.4 Å². The number of nitrogens with one attached hydrogen (secondary N) is 3. The Hall–Kier alpha value is -3.03. The molecule has 8 heteroatoms. The van der Waals surface area contributed by atoms with Gasteiger partial charge in [0.2, 0.25) is 11.8 Å². The van der Waals surface area contributed by atoms with Gasteiger partial charge in [0.25, 0.3) is 0 Å². The Kier molecular flexibility index (Phi) is 4.82. The minimum absolute atomic E-state index is 0.0258. The van der Waals surface area contributed by atoms with Crippen molar-refractivity contribution in [2.45, 2.75) is 32.5 Å². The molecule has 0 fully saturated rings. The summed E-state index contributed by atoms with van der Waals surface area (Å²) in [6, 6.07) is 7.26. The Morgan fingerprint density at radius 2 is 1.78 bits per heavy atom. The van der Waals surface area contributed by atoms with Crippen LogP contribution < -0.4 is 16.0 Å². The van der Waals surface area contributed by atoms with Gasteiger partial charge in [-0.05, 0) is 55.3 Å². The van der Waals surface area contributed by atoms with Gasteiger partial charge in [0.05, 0.1) is 23.4 Å². The summed E-state index contributed by atoms with van der Waals surface area (Å²) >= 11 is 0. The Balaban J connectivity index is 1.69. The zero-order chi connectivity index (χ0) is 19.8. The molecule has 2 amide bonds. The molecule has 0 radical (unpaired) electrons. The van der Waals surface area contributed by atoms with Gasteiger partial charge in [-0.2, -0.15) is 13.2 Å². The number of alkyl halides is 3. The van der Waals surface area contributed by atoms with Crippen molar-refractivity contribution in [3.63, 3.8) is 0 Å². The highest BCUT2D eigenvalue weighted by Crippen LogP contribution is 2.32. The molecule has 0 aromatic heterocycles. The van der Waals surface area contributed by atoms with Crippen molar-refractivity contribution in [1.29, 1.82) is 0 Å². The number of fused-ring (bicyclic) bond motifs is 1. The first-order chi connectivity index (χ1) is 12.6. The molecule has 1 heterocycles. The van der Waals surface area contributed by atoms with Crippen molar-refractivity contribution < 1.29 is 22.8 Å². The van der Waals surface area contributed by atoms with E-state index >= 15 is 0 Å². The molecule has 0 saturated heterocycles. The predicted octanol–water partition coefficient (Wildman–Crippen LogP) is 4.08. The highest BCUT2D eigenvalue weighted by Gasteiger charge is 2.31. The summed E-state index contributed by atoms with van der Waals surface area (Å²) in [6.45, 7) is 3.86. The number of rotatable bonds is 3. The lowest BCUT2D eigenvalue weighted by molar-refractivity contribution is -0.137. The number of amides is 2. The lowest BCUT2D eigenvalue weighted by Crippen LogP contribution is -2.41. The van der Waals surface area contributed by atoms with Crippen LogP contribution in [0.25, 0.3) is 0 Å². The van der Waals surface area contributed by atoms with Crippen LogP contribution >= 0.6 is 0 Å². The van der Waals surface area contributed by atoms with Crippen LogP contribution in [0, 0.1) is 13.8 Å². The van der Waals surface area contributed by atoms with Crippen LogP contribution in [0.2, 0.25) is 0 Å². The van der Waals surface area contributed by atoms with Gasteiger partial charge in [0.15, 0.2) is 0 Å². The van der Waals surface area contributed by atoms with Crippen molar-refractivity contribution in [2.24, 2.45) is 0 Å². The van der Waals surface area contributed by atoms with Crippen LogP contribution in [0.3, 0.4) is 0 Å². The van der Waals surface area contributed by atoms with Gasteiger partial charge in [-0.15, -0.1) is 0 Å². The van der Waals surface area contributed by atoms with E-state index in [1.165, 1.54) is 12.1 Å². The molecule has 3 rings (SSSR count). The van der Waals surface area contributed by atoms with Crippen molar-refractivity contribution in [3.8, 4) is 0 Å². The summed E-state index contributed by atoms with van der Waals surface area (Å²) in [5, 5.41) is 8.17. The molecule has 3 N–H and O–H groups in total. The molecule has 2 aromatic rings. The molecule has 2 aromatic carbocycles. The maximum absolute atomic E-state index is 12.8. The smallest absolute Gasteiger partial charge is 0.372 e. The summed E-state index contributed by atoms with van der Waals surface area (Å²) in [4.78, 5) is 24.4. The summed E-state index contributed by atoms with van der Waals surface area (Å²) in [5.74, 6) is -0.931. The topological polar surface area (TPSA) is 70.2 Å². The molecule has 0 bridgehead atoms. The number of anilines is 3. The fourth-order valence-corrected chi connectivity index (χ4v) is 2.83. The SMILES string of the molecule is Cc1cc2c(cc1C)NC(CC(=O)Nc1cccc(C(F)(F)F)c1)C(=O)N2. The quantitative estimate of drug-likeness (QED) is 0.755. The monoisotopic (exact) mass is 377 g/mol. The first kappa shape index (κ1) is 18.8. The highest BCUT2D eigenvalue weighted by molar-refractivity contribution is 6.06. The third-order valence-corrected chi connectivity index (χ3v) is 4.40. The number of halogens is 3. The maximum atomic E-state index is 12.8. The average molecular weight is 377 g/mol. The molecule has 1 aliphatic rings. The van der Waals surface area contributed by atoms with E-state index < -0.39 is 23.7 Å². The van der Waals surface area contributed by atoms with E-state index in [1.807, 2.05) is 26.0 Å². The molecule has 5 nitrogen and oxygen atoms in total. The molecule has 0 saturated carbocycles. The molecule has 142 valence electrons. The standard InChI is InChI=1S/C19H18F3N3O2/c1-10-6-14-15(7-11(10)2)25-18(27)16(24-14)9-17(26)23-13-5-3-4-12(8-13)19(20,21)22/h3-8,16,24H,9H2,1-2H3,(H,23,26)(H,25,27). The normalized spacial score (nSPS) is 16.2. The van der Waals surface area contributed by atoms with Crippen LogP contribution in [-0.4, -0.2) is 17.9 Å². The number of carbonyl (C=O) groups excluding carboxylic acids is 2. The van der Waals surface area contributed by atoms with Crippen molar-refractivity contribution >= 4 is 28.9 Å². The Morgan fingerprint density at radius 3 is 2.44 bits per heavy atom. The van der Waals surface area contributed by atoms with Crippen LogP contribution in [0.1, 0.15) is 23.1 Å². The molecule has 1 aliphatic heterocycles. The van der Waals surface area contributed by atoms with Gasteiger partial charge >= 0.3 is 6.18 Å². The van der Waals surface area contributed by atoms with E-state index in [1.54, 1.807) is 0 Å². The van der Waals surface area contributed by atoms with E-state index in [-0.39, 0.29) is 18.0 Å². The lowest BCUT2D eigenvalue weighted by Gasteiger charge is -2.27. The molecule has 27 heavy (non-hydrogen) atoms. The van der Waals surface area contributed by atoms with Gasteiger partial charge in [0.1, 0.15) is 6.04 Å². The molecule has 1 unspecified atom stereocenters. The predicted molar refractivity (Wildman–Crippen MR) is 96.6 cm³/mol. The second kappa shape index (κ2) is 6.94. The second-order valence-electron chi connectivity index (χ2n) is 6.50. The first-order valence-electron chi connectivity index (χ1n) is 8.29. The third kappa shape index (κ3) is 4.21. The molecule has 0 spiro atoms. The van der Waals surface area contributed by atoms with Crippen LogP contribution in [0.5, 0.6) is 0 Å². The first-order valence-corrected chi connectivity index (χ1v) is 8.29. The van der Waals surface area contributed by atoms with Gasteiger partial charge in [0, 0.05) is 5.69 Å². The minimum Gasteiger partial charge on any atom is -0.372 e. The van der Waals surface area contributed by atoms with E-state index in [2.05, 4.69) is 16.0 Å². The van der Waals surface area contributed by atoms with Crippen LogP contribution in [0.4, 0.5) is 30.2 Å². The lowest BCUT2D eigenvalue weighted by atomic mass is 10.0. The van der Waals surface area contributed by atoms with E-state index in [0.717, 1.165) is 23.3 Å². The van der Waals surface area contributed by atoms with Gasteiger partial charge < -0.3 is 16.0 Å². The minimum atomic E-state index is -4.49. The number of benzene rings is 2. The Morgan fingerprint density at radius 1 is 1.11 bits per heavy atom. The Labute approximate surface area is 154 Å². The highest BCUT2D eigenvalue weighted by atomic mass is 19.4. The summed E-state index contributed by atoms with van der Waals surface area (Å²) in [5.41, 5.74) is 2.57. The molecule has 1 atom stereocenters. The maximum Gasteiger partial charge on any atom is 0.416 e. The summed E-state index contributed by atoms with van der Waals surface area (Å²) in [7, 11) is 0. The van der Waals surface area contributed by atoms with Gasteiger partial charge in [-0.1, -0.05) is 6.07 Å². The number of hydrogen-bond donors (Lipinski definition) is 3. The van der Waals surface area contributed by atoms with E-state index in [9.17, 15) is 22.8 Å². The van der Waals surface area contributed by atoms with Gasteiger partial charge in [-0.25, -0.2) is 0 Å². The van der Waals surface area contributed by atoms with Gasteiger partial charge in [-0.3, -0.25) is 9.59 Å². The fourth-order valence-electron chi connectivity index (χ4n) is 2.83. The molecule has 0 aliphatic carbocycles. The van der Waals surface area contributed by atoms with Crippen molar-refractivity contribution in [1.82, 2.24) is 0 Å². The van der Waals surface area contributed by atoms with Crippen LogP contribution in [-0.2, 0) is 15.8 Å². The zero-order valence-corrected chi connectivity index (χ0v) is 14.7. The second-order valence-corrected chi connectivity index (χ2v) is 6.50. The fraction of sp³-hybridized carbons (Fsp3) is 0.263. The van der Waals surface area contributed by atoms with Crippen molar-refractivity contribution in [3.05, 3.63) is 53.1 Å². The van der Waals surface area contributed by atoms with Crippen molar-refractivity contribution in [2.75, 3.05) is 16.0 Å². The Bertz CT molecular complexity index is 910. The molecular weight excluding hydrogens is 359 g/mol. The zero-order valence-electron chi connectivity index (χ0n) is 14.7. The van der Waals surface area contributed by atoms with Crippen LogP contribution in [0.15, 0.2) is 36.4 Å². The largest absolute Gasteiger partial charge is 0.416 e. The number of aryl methyl sites for hydroxylation is 2.